The number of hydrogen-bond acceptors (Lipinski definition) is 5. The van der Waals surface area contributed by atoms with E-state index in [-0.39, 0.29) is 17.1 Å². The third-order valence-electron chi connectivity index (χ3n) is 3.76. The van der Waals surface area contributed by atoms with Crippen molar-refractivity contribution in [2.75, 3.05) is 14.2 Å². The van der Waals surface area contributed by atoms with Crippen LogP contribution in [0.3, 0.4) is 0 Å². The van der Waals surface area contributed by atoms with E-state index in [1.54, 1.807) is 29.9 Å². The Labute approximate surface area is 168 Å². The lowest BCUT2D eigenvalue weighted by Crippen LogP contribution is -2.22. The van der Waals surface area contributed by atoms with Gasteiger partial charge in [0.05, 0.1) is 35.0 Å². The van der Waals surface area contributed by atoms with Crippen LogP contribution in [0.4, 0.5) is 0 Å². The second-order valence-electron chi connectivity index (χ2n) is 5.42. The third kappa shape index (κ3) is 4.16. The van der Waals surface area contributed by atoms with E-state index in [1.807, 2.05) is 6.07 Å². The Kier molecular flexibility index (Phi) is 5.84. The highest BCUT2D eigenvalue weighted by Crippen LogP contribution is 2.24. The van der Waals surface area contributed by atoms with Gasteiger partial charge in [0.2, 0.25) is 0 Å². The maximum Gasteiger partial charge on any atom is 0.325 e. The Morgan fingerprint density at radius 3 is 2.59 bits per heavy atom. The van der Waals surface area contributed by atoms with Crippen LogP contribution in [0, 0.1) is 0 Å². The average Bonchev–Trinajstić information content (AvgIpc) is 2.97. The number of nitrogens with zero attached hydrogens (tertiary/aromatic N) is 2. The molecule has 0 aliphatic carbocycles. The predicted molar refractivity (Wildman–Crippen MR) is 105 cm³/mol. The first-order valence-electron chi connectivity index (χ1n) is 7.71. The first kappa shape index (κ1) is 19.4. The van der Waals surface area contributed by atoms with Gasteiger partial charge in [0.15, 0.2) is 4.80 Å². The van der Waals surface area contributed by atoms with E-state index in [0.717, 1.165) is 10.2 Å². The number of fused-ring (bicyclic) bond motifs is 1. The topological polar surface area (TPSA) is 69.9 Å². The van der Waals surface area contributed by atoms with Crippen LogP contribution in [0.25, 0.3) is 10.2 Å². The number of methoxy groups -OCH3 is 2. The number of carbonyl (C=O) groups is 2. The molecule has 0 aliphatic rings. The van der Waals surface area contributed by atoms with Crippen LogP contribution in [-0.2, 0) is 16.1 Å². The number of ether oxygens (including phenoxy) is 2. The molecule has 0 saturated carbocycles. The third-order valence-corrected chi connectivity index (χ3v) is 5.35. The van der Waals surface area contributed by atoms with E-state index in [0.29, 0.717) is 15.6 Å². The number of benzene rings is 2. The molecule has 0 atom stereocenters. The molecule has 0 radical (unpaired) electrons. The zero-order chi connectivity index (χ0) is 19.6. The zero-order valence-corrected chi connectivity index (χ0v) is 16.7. The van der Waals surface area contributed by atoms with Crippen molar-refractivity contribution in [1.82, 2.24) is 4.57 Å². The summed E-state index contributed by atoms with van der Waals surface area (Å²) in [6, 6.07) is 9.93. The molecule has 2 aromatic carbocycles. The number of halogens is 2. The van der Waals surface area contributed by atoms with E-state index < -0.39 is 11.9 Å². The Bertz CT molecular complexity index is 1100. The minimum atomic E-state index is -0.534. The first-order chi connectivity index (χ1) is 12.9. The summed E-state index contributed by atoms with van der Waals surface area (Å²) in [5.74, 6) is -0.328. The molecule has 27 heavy (non-hydrogen) atoms. The van der Waals surface area contributed by atoms with Crippen LogP contribution in [-0.4, -0.2) is 30.7 Å². The lowest BCUT2D eigenvalue weighted by atomic mass is 10.2. The molecule has 1 heterocycles. The summed E-state index contributed by atoms with van der Waals surface area (Å²) in [6.45, 7) is -0.0801. The maximum atomic E-state index is 12.6. The van der Waals surface area contributed by atoms with Gasteiger partial charge in [0, 0.05) is 5.02 Å². The number of thiazole rings is 1. The molecule has 1 amide bonds. The molecular weight excluding hydrogens is 411 g/mol. The lowest BCUT2D eigenvalue weighted by Gasteiger charge is -2.04. The minimum absolute atomic E-state index is 0.0801. The molecule has 0 unspecified atom stereocenters. The summed E-state index contributed by atoms with van der Waals surface area (Å²) >= 11 is 13.2. The fraction of sp³-hybridized carbons (Fsp3) is 0.167. The molecule has 0 N–H and O–H groups in total. The molecule has 3 rings (SSSR count). The summed E-state index contributed by atoms with van der Waals surface area (Å²) < 4.78 is 12.4. The highest BCUT2D eigenvalue weighted by atomic mass is 35.5. The van der Waals surface area contributed by atoms with Crippen molar-refractivity contribution in [1.29, 1.82) is 0 Å². The summed E-state index contributed by atoms with van der Waals surface area (Å²) in [5, 5.41) is 0.629. The summed E-state index contributed by atoms with van der Waals surface area (Å²) in [4.78, 5) is 28.9. The molecule has 6 nitrogen and oxygen atoms in total. The molecule has 140 valence electrons. The number of carbonyl (C=O) groups excluding carboxylic acids is 2. The van der Waals surface area contributed by atoms with Crippen molar-refractivity contribution >= 4 is 56.6 Å². The zero-order valence-electron chi connectivity index (χ0n) is 14.4. The van der Waals surface area contributed by atoms with Gasteiger partial charge in [-0.05, 0) is 36.4 Å². The van der Waals surface area contributed by atoms with Crippen LogP contribution >= 0.6 is 34.5 Å². The Hall–Kier alpha value is -2.35. The van der Waals surface area contributed by atoms with Crippen molar-refractivity contribution < 1.29 is 19.1 Å². The first-order valence-corrected chi connectivity index (χ1v) is 9.28. The van der Waals surface area contributed by atoms with Crippen LogP contribution in [0.1, 0.15) is 10.4 Å². The second kappa shape index (κ2) is 8.12. The summed E-state index contributed by atoms with van der Waals surface area (Å²) in [7, 11) is 2.87. The van der Waals surface area contributed by atoms with Crippen LogP contribution in [0.2, 0.25) is 10.0 Å². The van der Waals surface area contributed by atoms with E-state index >= 15 is 0 Å². The number of rotatable bonds is 4. The average molecular weight is 425 g/mol. The standard InChI is InChI=1S/C18H14Cl2N2O4S/c1-25-11-4-6-14-15(8-11)27-18(22(14)9-16(23)26-2)21-17(24)12-5-3-10(19)7-13(12)20/h3-8H,9H2,1-2H3. The molecule has 0 saturated heterocycles. The van der Waals surface area contributed by atoms with Gasteiger partial charge in [0.1, 0.15) is 12.3 Å². The summed E-state index contributed by atoms with van der Waals surface area (Å²) in [5.41, 5.74) is 0.959. The Morgan fingerprint density at radius 1 is 1.15 bits per heavy atom. The van der Waals surface area contributed by atoms with Gasteiger partial charge in [-0.25, -0.2) is 0 Å². The molecule has 0 aliphatic heterocycles. The fourth-order valence-corrected chi connectivity index (χ4v) is 3.97. The largest absolute Gasteiger partial charge is 0.497 e. The normalized spacial score (nSPS) is 11.6. The molecular formula is C18H14Cl2N2O4S. The van der Waals surface area contributed by atoms with Crippen LogP contribution in [0.15, 0.2) is 41.4 Å². The predicted octanol–water partition coefficient (Wildman–Crippen LogP) is 3.93. The van der Waals surface area contributed by atoms with Crippen molar-refractivity contribution in [3.05, 3.63) is 56.8 Å². The molecule has 0 fully saturated rings. The molecule has 3 aromatic rings. The van der Waals surface area contributed by atoms with Gasteiger partial charge in [-0.15, -0.1) is 0 Å². The highest BCUT2D eigenvalue weighted by Gasteiger charge is 2.14. The number of aromatic nitrogens is 1. The van der Waals surface area contributed by atoms with Gasteiger partial charge >= 0.3 is 5.97 Å². The summed E-state index contributed by atoms with van der Waals surface area (Å²) in [6.07, 6.45) is 0. The molecule has 0 bridgehead atoms. The second-order valence-corrected chi connectivity index (χ2v) is 7.27. The van der Waals surface area contributed by atoms with E-state index in [1.165, 1.54) is 30.6 Å². The number of amides is 1. The van der Waals surface area contributed by atoms with Gasteiger partial charge in [0.25, 0.3) is 5.91 Å². The Balaban J connectivity index is 2.15. The maximum absolute atomic E-state index is 12.6. The van der Waals surface area contributed by atoms with Gasteiger partial charge < -0.3 is 14.0 Å². The highest BCUT2D eigenvalue weighted by molar-refractivity contribution is 7.16. The number of esters is 1. The van der Waals surface area contributed by atoms with E-state index in [2.05, 4.69) is 4.99 Å². The SMILES string of the molecule is COC(=O)Cn1c(=NC(=O)c2ccc(Cl)cc2Cl)sc2cc(OC)ccc21. The lowest BCUT2D eigenvalue weighted by molar-refractivity contribution is -0.141. The van der Waals surface area contributed by atoms with Crippen molar-refractivity contribution in [3.63, 3.8) is 0 Å². The minimum Gasteiger partial charge on any atom is -0.497 e. The molecule has 0 spiro atoms. The monoisotopic (exact) mass is 424 g/mol. The van der Waals surface area contributed by atoms with E-state index in [9.17, 15) is 9.59 Å². The number of hydrogen-bond donors (Lipinski definition) is 0. The van der Waals surface area contributed by atoms with Gasteiger partial charge in [-0.1, -0.05) is 34.5 Å². The van der Waals surface area contributed by atoms with Crippen molar-refractivity contribution in [2.24, 2.45) is 4.99 Å². The van der Waals surface area contributed by atoms with Crippen LogP contribution in [0.5, 0.6) is 5.75 Å². The van der Waals surface area contributed by atoms with Crippen molar-refractivity contribution in [3.8, 4) is 5.75 Å². The Morgan fingerprint density at radius 2 is 1.93 bits per heavy atom. The fourth-order valence-electron chi connectivity index (χ4n) is 2.42. The molecule has 9 heteroatoms. The van der Waals surface area contributed by atoms with Gasteiger partial charge in [-0.3, -0.25) is 9.59 Å². The van der Waals surface area contributed by atoms with Gasteiger partial charge in [-0.2, -0.15) is 4.99 Å². The quantitative estimate of drug-likeness (QED) is 0.594. The van der Waals surface area contributed by atoms with Crippen molar-refractivity contribution in [2.45, 2.75) is 6.54 Å². The smallest absolute Gasteiger partial charge is 0.325 e. The van der Waals surface area contributed by atoms with E-state index in [4.69, 9.17) is 32.7 Å². The molecule has 1 aromatic heterocycles. The van der Waals surface area contributed by atoms with Crippen LogP contribution < -0.4 is 9.54 Å².